The number of amides is 2. The van der Waals surface area contributed by atoms with E-state index in [9.17, 15) is 18.4 Å². The molecule has 3 fully saturated rings. The first-order valence-corrected chi connectivity index (χ1v) is 10.8. The van der Waals surface area contributed by atoms with Gasteiger partial charge in [-0.3, -0.25) is 19.8 Å². The van der Waals surface area contributed by atoms with Crippen LogP contribution in [0.4, 0.5) is 20.2 Å². The van der Waals surface area contributed by atoms with Crippen LogP contribution in [0.3, 0.4) is 0 Å². The predicted octanol–water partition coefficient (Wildman–Crippen LogP) is 1.30. The van der Waals surface area contributed by atoms with Crippen LogP contribution in [-0.2, 0) is 9.59 Å². The molecule has 1 unspecified atom stereocenters. The molecule has 9 heteroatoms. The van der Waals surface area contributed by atoms with Crippen LogP contribution in [0.1, 0.15) is 25.7 Å². The summed E-state index contributed by atoms with van der Waals surface area (Å²) in [7, 11) is 0. The predicted molar refractivity (Wildman–Crippen MR) is 110 cm³/mol. The lowest BCUT2D eigenvalue weighted by Gasteiger charge is -2.38. The maximum atomic E-state index is 14.8. The summed E-state index contributed by atoms with van der Waals surface area (Å²) >= 11 is 0. The molecule has 7 nitrogen and oxygen atoms in total. The molecule has 0 bridgehead atoms. The van der Waals surface area contributed by atoms with Crippen molar-refractivity contribution in [2.45, 2.75) is 31.7 Å². The number of piperidine rings is 2. The van der Waals surface area contributed by atoms with E-state index in [1.807, 2.05) is 0 Å². The topological polar surface area (TPSA) is 76.7 Å². The molecule has 3 aliphatic heterocycles. The van der Waals surface area contributed by atoms with Crippen molar-refractivity contribution in [2.24, 2.45) is 5.92 Å². The van der Waals surface area contributed by atoms with Gasteiger partial charge in [0.2, 0.25) is 11.8 Å². The maximum Gasteiger partial charge on any atom is 0.249 e. The van der Waals surface area contributed by atoms with E-state index in [1.165, 1.54) is 25.0 Å². The van der Waals surface area contributed by atoms with E-state index in [2.05, 4.69) is 20.9 Å². The smallest absolute Gasteiger partial charge is 0.249 e. The number of piperazine rings is 1. The van der Waals surface area contributed by atoms with Gasteiger partial charge in [-0.2, -0.15) is 0 Å². The lowest BCUT2D eigenvalue weighted by atomic mass is 9.97. The number of carbonyl (C=O) groups is 2. The Morgan fingerprint density at radius 1 is 1.00 bits per heavy atom. The molecule has 1 aromatic rings. The van der Waals surface area contributed by atoms with Crippen molar-refractivity contribution < 1.29 is 18.4 Å². The van der Waals surface area contributed by atoms with Gasteiger partial charge < -0.3 is 15.5 Å². The highest BCUT2D eigenvalue weighted by atomic mass is 19.1. The molecule has 3 N–H and O–H groups in total. The highest BCUT2D eigenvalue weighted by Crippen LogP contribution is 2.29. The Morgan fingerprint density at radius 2 is 1.67 bits per heavy atom. The Bertz CT molecular complexity index is 769. The normalized spacial score (nSPS) is 24.1. The minimum atomic E-state index is -0.675. The average Bonchev–Trinajstić information content (AvgIpc) is 2.72. The van der Waals surface area contributed by atoms with Gasteiger partial charge in [0.05, 0.1) is 0 Å². The molecule has 3 aliphatic rings. The van der Waals surface area contributed by atoms with Crippen molar-refractivity contribution >= 4 is 23.2 Å². The highest BCUT2D eigenvalue weighted by molar-refractivity contribution is 6.01. The van der Waals surface area contributed by atoms with Gasteiger partial charge in [-0.25, -0.2) is 8.78 Å². The molecule has 0 saturated carbocycles. The molecule has 30 heavy (non-hydrogen) atoms. The fourth-order valence-electron chi connectivity index (χ4n) is 4.57. The van der Waals surface area contributed by atoms with E-state index in [-0.39, 0.29) is 23.7 Å². The minimum absolute atomic E-state index is 0.00894. The second-order valence-corrected chi connectivity index (χ2v) is 8.42. The Balaban J connectivity index is 1.35. The van der Waals surface area contributed by atoms with Crippen LogP contribution >= 0.6 is 0 Å². The summed E-state index contributed by atoms with van der Waals surface area (Å²) in [5, 5.41) is 8.45. The van der Waals surface area contributed by atoms with Gasteiger partial charge in [-0.1, -0.05) is 0 Å². The maximum absolute atomic E-state index is 14.8. The number of nitrogens with one attached hydrogen (secondary N) is 3. The highest BCUT2D eigenvalue weighted by Gasteiger charge is 2.28. The van der Waals surface area contributed by atoms with E-state index in [0.29, 0.717) is 25.4 Å². The molecular formula is C21H29F2N5O2. The molecule has 0 aliphatic carbocycles. The quantitative estimate of drug-likeness (QED) is 0.623. The SMILES string of the molecule is O=C1CCC(Nc2cc(F)c(N3CCN(CC4CCNCC4)CC3)c(F)c2)C(=O)N1. The first-order chi connectivity index (χ1) is 14.5. The summed E-state index contributed by atoms with van der Waals surface area (Å²) in [6.07, 6.45) is 2.87. The van der Waals surface area contributed by atoms with Gasteiger partial charge in [0.25, 0.3) is 0 Å². The van der Waals surface area contributed by atoms with Crippen LogP contribution in [-0.4, -0.2) is 68.6 Å². The van der Waals surface area contributed by atoms with Gasteiger partial charge in [0, 0.05) is 44.8 Å². The number of nitrogens with zero attached hydrogens (tertiary/aromatic N) is 2. The first-order valence-electron chi connectivity index (χ1n) is 10.8. The van der Waals surface area contributed by atoms with E-state index in [4.69, 9.17) is 0 Å². The van der Waals surface area contributed by atoms with Gasteiger partial charge in [-0.15, -0.1) is 0 Å². The zero-order chi connectivity index (χ0) is 21.1. The zero-order valence-electron chi connectivity index (χ0n) is 17.1. The lowest BCUT2D eigenvalue weighted by molar-refractivity contribution is -0.133. The summed E-state index contributed by atoms with van der Waals surface area (Å²) in [5.74, 6) is -1.39. The third-order valence-electron chi connectivity index (χ3n) is 6.26. The Kier molecular flexibility index (Phi) is 6.48. The Labute approximate surface area is 175 Å². The third kappa shape index (κ3) is 4.89. The van der Waals surface area contributed by atoms with Crippen LogP contribution in [0.25, 0.3) is 0 Å². The van der Waals surface area contributed by atoms with Gasteiger partial charge >= 0.3 is 0 Å². The summed E-state index contributed by atoms with van der Waals surface area (Å²) in [6.45, 7) is 5.94. The Hall–Kier alpha value is -2.26. The van der Waals surface area contributed by atoms with Crippen molar-refractivity contribution in [1.82, 2.24) is 15.5 Å². The van der Waals surface area contributed by atoms with Gasteiger partial charge in [0.15, 0.2) is 11.6 Å². The number of hydrogen-bond donors (Lipinski definition) is 3. The first kappa shape index (κ1) is 21.0. The van der Waals surface area contributed by atoms with Crippen molar-refractivity contribution in [3.8, 4) is 0 Å². The zero-order valence-corrected chi connectivity index (χ0v) is 17.1. The molecule has 2 amide bonds. The van der Waals surface area contributed by atoms with Crippen LogP contribution in [0.15, 0.2) is 12.1 Å². The van der Waals surface area contributed by atoms with Crippen molar-refractivity contribution in [2.75, 3.05) is 56.0 Å². The molecule has 3 heterocycles. The van der Waals surface area contributed by atoms with Crippen LogP contribution < -0.4 is 20.9 Å². The van der Waals surface area contributed by atoms with Crippen LogP contribution in [0.5, 0.6) is 0 Å². The molecule has 0 spiro atoms. The molecular weight excluding hydrogens is 392 g/mol. The molecule has 1 aromatic carbocycles. The van der Waals surface area contributed by atoms with Crippen LogP contribution in [0, 0.1) is 17.6 Å². The van der Waals surface area contributed by atoms with Crippen molar-refractivity contribution in [3.63, 3.8) is 0 Å². The summed E-state index contributed by atoms with van der Waals surface area (Å²) in [6, 6.07) is 1.78. The average molecular weight is 421 g/mol. The number of halogens is 2. The molecule has 164 valence electrons. The van der Waals surface area contributed by atoms with Gasteiger partial charge in [-0.05, 0) is 50.4 Å². The van der Waals surface area contributed by atoms with E-state index in [1.54, 1.807) is 4.90 Å². The number of hydrogen-bond acceptors (Lipinski definition) is 6. The number of rotatable bonds is 5. The minimum Gasteiger partial charge on any atom is -0.373 e. The van der Waals surface area contributed by atoms with E-state index >= 15 is 0 Å². The second kappa shape index (κ2) is 9.26. The molecule has 0 aromatic heterocycles. The second-order valence-electron chi connectivity index (χ2n) is 8.42. The fraction of sp³-hybridized carbons (Fsp3) is 0.619. The largest absolute Gasteiger partial charge is 0.373 e. The summed E-state index contributed by atoms with van der Waals surface area (Å²) in [4.78, 5) is 27.3. The number of imide groups is 1. The summed E-state index contributed by atoms with van der Waals surface area (Å²) in [5.41, 5.74) is 0.193. The Morgan fingerprint density at radius 3 is 2.30 bits per heavy atom. The molecule has 1 atom stereocenters. The number of benzene rings is 1. The number of anilines is 2. The van der Waals surface area contributed by atoms with Crippen LogP contribution in [0.2, 0.25) is 0 Å². The lowest BCUT2D eigenvalue weighted by Crippen LogP contribution is -2.49. The van der Waals surface area contributed by atoms with Gasteiger partial charge in [0.1, 0.15) is 11.7 Å². The molecule has 3 saturated heterocycles. The standard InChI is InChI=1S/C21H29F2N5O2/c22-16-11-15(25-18-1-2-19(29)26-21(18)30)12-17(23)20(16)28-9-7-27(8-10-28)13-14-3-5-24-6-4-14/h11-12,14,18,24-25H,1-10,13H2,(H,26,29,30). The fourth-order valence-corrected chi connectivity index (χ4v) is 4.57. The van der Waals surface area contributed by atoms with Crippen molar-refractivity contribution in [3.05, 3.63) is 23.8 Å². The molecule has 4 rings (SSSR count). The summed E-state index contributed by atoms with van der Waals surface area (Å²) < 4.78 is 29.6. The van der Waals surface area contributed by atoms with E-state index < -0.39 is 23.6 Å². The molecule has 0 radical (unpaired) electrons. The van der Waals surface area contributed by atoms with E-state index in [0.717, 1.165) is 32.7 Å². The third-order valence-corrected chi connectivity index (χ3v) is 6.26. The van der Waals surface area contributed by atoms with Crippen molar-refractivity contribution in [1.29, 1.82) is 0 Å². The monoisotopic (exact) mass is 421 g/mol. The number of carbonyl (C=O) groups excluding carboxylic acids is 2.